The Morgan fingerprint density at radius 3 is 2.64 bits per heavy atom. The van der Waals surface area contributed by atoms with Crippen molar-refractivity contribution in [1.29, 1.82) is 5.26 Å². The predicted octanol–water partition coefficient (Wildman–Crippen LogP) is 3.84. The lowest BCUT2D eigenvalue weighted by Crippen LogP contribution is -2.59. The van der Waals surface area contributed by atoms with Crippen LogP contribution in [-0.2, 0) is 11.3 Å². The number of nitrogens with one attached hydrogen (secondary N) is 2. The van der Waals surface area contributed by atoms with Crippen LogP contribution >= 0.6 is 11.8 Å². The Morgan fingerprint density at radius 2 is 1.94 bits per heavy atom. The maximum Gasteiger partial charge on any atom is 0.321 e. The first-order chi connectivity index (χ1) is 17.4. The molecule has 1 atom stereocenters. The predicted molar refractivity (Wildman–Crippen MR) is 141 cm³/mol. The number of urea groups is 1. The van der Waals surface area contributed by atoms with E-state index < -0.39 is 5.66 Å². The molecule has 3 amide bonds. The highest BCUT2D eigenvalue weighted by Crippen LogP contribution is 2.35. The number of ketones is 1. The van der Waals surface area contributed by atoms with Crippen LogP contribution in [0.25, 0.3) is 0 Å². The molecule has 1 spiro atoms. The first kappa shape index (κ1) is 25.7. The zero-order chi connectivity index (χ0) is 25.7. The van der Waals surface area contributed by atoms with Gasteiger partial charge in [0.25, 0.3) is 0 Å². The lowest BCUT2D eigenvalue weighted by atomic mass is 9.95. The fourth-order valence-electron chi connectivity index (χ4n) is 4.97. The van der Waals surface area contributed by atoms with Crippen molar-refractivity contribution in [2.24, 2.45) is 0 Å². The van der Waals surface area contributed by atoms with Crippen LogP contribution in [0.15, 0.2) is 48.5 Å². The summed E-state index contributed by atoms with van der Waals surface area (Å²) in [5, 5.41) is 16.1. The van der Waals surface area contributed by atoms with Gasteiger partial charge in [0.1, 0.15) is 0 Å². The van der Waals surface area contributed by atoms with E-state index in [1.165, 1.54) is 6.92 Å². The summed E-state index contributed by atoms with van der Waals surface area (Å²) in [6, 6.07) is 16.0. The van der Waals surface area contributed by atoms with Crippen LogP contribution in [0.4, 0.5) is 10.5 Å². The summed E-state index contributed by atoms with van der Waals surface area (Å²) in [4.78, 5) is 41.8. The van der Waals surface area contributed by atoms with Gasteiger partial charge >= 0.3 is 6.03 Å². The molecule has 0 saturated carbocycles. The molecule has 4 rings (SSSR count). The number of anilines is 1. The second kappa shape index (κ2) is 11.1. The molecule has 188 valence electrons. The average molecular weight is 506 g/mol. The zero-order valence-electron chi connectivity index (χ0n) is 20.6. The summed E-state index contributed by atoms with van der Waals surface area (Å²) in [6.07, 6.45) is 3.93. The number of nitriles is 1. The van der Waals surface area contributed by atoms with Gasteiger partial charge in [-0.1, -0.05) is 30.3 Å². The quantitative estimate of drug-likeness (QED) is 0.554. The molecule has 0 aliphatic carbocycles. The molecule has 36 heavy (non-hydrogen) atoms. The Hall–Kier alpha value is -3.35. The van der Waals surface area contributed by atoms with Gasteiger partial charge in [0, 0.05) is 43.7 Å². The standard InChI is InChI=1S/C27H31N5O3S/c1-19(33)20-8-5-9-23(16-20)29-26(35)31-13-11-27(12-14-31)30-24(10-15-36-2)25(34)32(27)18-22-7-4-3-6-21(22)17-28/h3-9,16,24,30H,10-15,18H2,1-2H3,(H,29,35). The highest BCUT2D eigenvalue weighted by Gasteiger charge is 2.51. The third-order valence-corrected chi connectivity index (χ3v) is 7.64. The van der Waals surface area contributed by atoms with Crippen LogP contribution in [0.5, 0.6) is 0 Å². The van der Waals surface area contributed by atoms with Crippen molar-refractivity contribution in [3.8, 4) is 6.07 Å². The number of amides is 3. The van der Waals surface area contributed by atoms with Gasteiger partial charge in [-0.15, -0.1) is 0 Å². The Balaban J connectivity index is 1.49. The van der Waals surface area contributed by atoms with Crippen LogP contribution in [-0.4, -0.2) is 64.3 Å². The van der Waals surface area contributed by atoms with Crippen molar-refractivity contribution in [3.63, 3.8) is 0 Å². The fourth-order valence-corrected chi connectivity index (χ4v) is 5.45. The maximum absolute atomic E-state index is 13.5. The highest BCUT2D eigenvalue weighted by molar-refractivity contribution is 7.98. The van der Waals surface area contributed by atoms with Gasteiger partial charge in [0.05, 0.1) is 23.3 Å². The number of rotatable bonds is 7. The number of hydrogen-bond donors (Lipinski definition) is 2. The van der Waals surface area contributed by atoms with Gasteiger partial charge in [-0.3, -0.25) is 14.9 Å². The third kappa shape index (κ3) is 5.40. The molecule has 2 heterocycles. The number of piperidine rings is 1. The molecular formula is C27H31N5O3S. The number of carbonyl (C=O) groups is 3. The average Bonchev–Trinajstić information content (AvgIpc) is 3.13. The van der Waals surface area contributed by atoms with Crippen molar-refractivity contribution < 1.29 is 14.4 Å². The Morgan fingerprint density at radius 1 is 1.19 bits per heavy atom. The fraction of sp³-hybridized carbons (Fsp3) is 0.407. The SMILES string of the molecule is CSCCC1NC2(CCN(C(=O)Nc3cccc(C(C)=O)c3)CC2)N(Cc2ccccc2C#N)C1=O. The van der Waals surface area contributed by atoms with E-state index in [-0.39, 0.29) is 23.8 Å². The molecule has 2 aliphatic rings. The van der Waals surface area contributed by atoms with Crippen molar-refractivity contribution in [1.82, 2.24) is 15.1 Å². The van der Waals surface area contributed by atoms with Crippen molar-refractivity contribution in [3.05, 3.63) is 65.2 Å². The lowest BCUT2D eigenvalue weighted by molar-refractivity contribution is -0.134. The van der Waals surface area contributed by atoms with Crippen molar-refractivity contribution >= 4 is 35.2 Å². The minimum absolute atomic E-state index is 0.0516. The molecule has 0 bridgehead atoms. The molecule has 8 nitrogen and oxygen atoms in total. The second-order valence-corrected chi connectivity index (χ2v) is 10.2. The van der Waals surface area contributed by atoms with E-state index in [1.807, 2.05) is 29.4 Å². The summed E-state index contributed by atoms with van der Waals surface area (Å²) in [7, 11) is 0. The van der Waals surface area contributed by atoms with Gasteiger partial charge in [-0.2, -0.15) is 17.0 Å². The maximum atomic E-state index is 13.5. The smallest absolute Gasteiger partial charge is 0.321 e. The van der Waals surface area contributed by atoms with E-state index in [1.54, 1.807) is 47.0 Å². The van der Waals surface area contributed by atoms with Gasteiger partial charge in [-0.05, 0) is 49.1 Å². The number of nitrogens with zero attached hydrogens (tertiary/aromatic N) is 3. The molecule has 2 N–H and O–H groups in total. The molecule has 2 aromatic rings. The van der Waals surface area contributed by atoms with Gasteiger partial charge in [0.15, 0.2) is 5.78 Å². The first-order valence-corrected chi connectivity index (χ1v) is 13.5. The molecule has 2 aromatic carbocycles. The number of Topliss-reactive ketones (excluding diaryl/α,β-unsaturated/α-hetero) is 1. The molecule has 2 aliphatic heterocycles. The number of carbonyl (C=O) groups excluding carboxylic acids is 3. The van der Waals surface area contributed by atoms with Crippen molar-refractivity contribution in [2.45, 2.75) is 44.4 Å². The van der Waals surface area contributed by atoms with E-state index in [0.717, 1.165) is 17.7 Å². The van der Waals surface area contributed by atoms with Gasteiger partial charge in [0.2, 0.25) is 5.91 Å². The van der Waals surface area contributed by atoms with E-state index in [4.69, 9.17) is 0 Å². The summed E-state index contributed by atoms with van der Waals surface area (Å²) in [6.45, 7) is 2.80. The molecular weight excluding hydrogens is 474 g/mol. The molecule has 1 unspecified atom stereocenters. The summed E-state index contributed by atoms with van der Waals surface area (Å²) in [5.41, 5.74) is 1.95. The van der Waals surface area contributed by atoms with Crippen molar-refractivity contribution in [2.75, 3.05) is 30.4 Å². The molecule has 0 radical (unpaired) electrons. The van der Waals surface area contributed by atoms with E-state index in [0.29, 0.717) is 49.3 Å². The van der Waals surface area contributed by atoms with Crippen LogP contribution in [0, 0.1) is 11.3 Å². The third-order valence-electron chi connectivity index (χ3n) is 7.00. The Bertz CT molecular complexity index is 1190. The topological polar surface area (TPSA) is 106 Å². The van der Waals surface area contributed by atoms with Crippen LogP contribution in [0.3, 0.4) is 0 Å². The summed E-state index contributed by atoms with van der Waals surface area (Å²) >= 11 is 1.71. The number of thioether (sulfide) groups is 1. The van der Waals surface area contributed by atoms with E-state index in [2.05, 4.69) is 16.7 Å². The van der Waals surface area contributed by atoms with Crippen LogP contribution < -0.4 is 10.6 Å². The number of benzene rings is 2. The first-order valence-electron chi connectivity index (χ1n) is 12.1. The monoisotopic (exact) mass is 505 g/mol. The summed E-state index contributed by atoms with van der Waals surface area (Å²) < 4.78 is 0. The lowest BCUT2D eigenvalue weighted by Gasteiger charge is -2.44. The van der Waals surface area contributed by atoms with Gasteiger partial charge in [-0.25, -0.2) is 4.79 Å². The van der Waals surface area contributed by atoms with Gasteiger partial charge < -0.3 is 15.1 Å². The molecule has 2 saturated heterocycles. The Kier molecular flexibility index (Phi) is 7.97. The number of likely N-dealkylation sites (tertiary alicyclic amines) is 1. The summed E-state index contributed by atoms with van der Waals surface area (Å²) in [5.74, 6) is 0.864. The highest BCUT2D eigenvalue weighted by atomic mass is 32.2. The largest absolute Gasteiger partial charge is 0.324 e. The minimum Gasteiger partial charge on any atom is -0.324 e. The second-order valence-electron chi connectivity index (χ2n) is 9.26. The van der Waals surface area contributed by atoms with Crippen LogP contribution in [0.1, 0.15) is 47.7 Å². The normalized spacial score (nSPS) is 18.8. The zero-order valence-corrected chi connectivity index (χ0v) is 21.4. The van der Waals surface area contributed by atoms with E-state index in [9.17, 15) is 19.6 Å². The minimum atomic E-state index is -0.561. The van der Waals surface area contributed by atoms with E-state index >= 15 is 0 Å². The number of hydrogen-bond acceptors (Lipinski definition) is 6. The molecule has 9 heteroatoms. The Labute approximate surface area is 216 Å². The van der Waals surface area contributed by atoms with Crippen LogP contribution in [0.2, 0.25) is 0 Å². The molecule has 0 aromatic heterocycles. The molecule has 2 fully saturated rings.